The first-order valence-corrected chi connectivity index (χ1v) is 5.63. The van der Waals surface area contributed by atoms with Crippen LogP contribution in [0.1, 0.15) is 52.4 Å². The van der Waals surface area contributed by atoms with Gasteiger partial charge in [-0.3, -0.25) is 0 Å². The van der Waals surface area contributed by atoms with Gasteiger partial charge in [0.1, 0.15) is 0 Å². The van der Waals surface area contributed by atoms with Crippen LogP contribution in [0.25, 0.3) is 0 Å². The standard InChI is InChI=1S/C11H22O2/c1-3-5-6-8-10-9-12-11(13-10)7-4-2/h10-11H,3-9H2,1-2H3. The lowest BCUT2D eigenvalue weighted by molar-refractivity contribution is -0.0633. The maximum absolute atomic E-state index is 5.73. The van der Waals surface area contributed by atoms with Gasteiger partial charge in [0.15, 0.2) is 6.29 Å². The van der Waals surface area contributed by atoms with Crippen LogP contribution in [0.3, 0.4) is 0 Å². The summed E-state index contributed by atoms with van der Waals surface area (Å²) in [6.07, 6.45) is 7.72. The molecule has 2 atom stereocenters. The molecule has 78 valence electrons. The van der Waals surface area contributed by atoms with Gasteiger partial charge in [0.05, 0.1) is 12.7 Å². The molecule has 0 spiro atoms. The van der Waals surface area contributed by atoms with Gasteiger partial charge in [-0.25, -0.2) is 0 Å². The molecule has 1 heterocycles. The Labute approximate surface area is 81.6 Å². The highest BCUT2D eigenvalue weighted by atomic mass is 16.7. The fraction of sp³-hybridized carbons (Fsp3) is 1.00. The third kappa shape index (κ3) is 4.10. The van der Waals surface area contributed by atoms with Crippen LogP contribution in [0.4, 0.5) is 0 Å². The fourth-order valence-corrected chi connectivity index (χ4v) is 1.67. The molecular weight excluding hydrogens is 164 g/mol. The van der Waals surface area contributed by atoms with Crippen LogP contribution in [-0.2, 0) is 9.47 Å². The minimum atomic E-state index is 0.0941. The number of unbranched alkanes of at least 4 members (excludes halogenated alkanes) is 2. The van der Waals surface area contributed by atoms with Crippen LogP contribution in [0.5, 0.6) is 0 Å². The van der Waals surface area contributed by atoms with Gasteiger partial charge in [-0.2, -0.15) is 0 Å². The van der Waals surface area contributed by atoms with Gasteiger partial charge in [0.2, 0.25) is 0 Å². The van der Waals surface area contributed by atoms with E-state index in [9.17, 15) is 0 Å². The lowest BCUT2D eigenvalue weighted by Crippen LogP contribution is -2.11. The SMILES string of the molecule is CCCCCC1COC(CCC)O1. The molecular formula is C11H22O2. The molecule has 1 aliphatic heterocycles. The molecule has 0 amide bonds. The maximum atomic E-state index is 5.73. The van der Waals surface area contributed by atoms with Crippen molar-refractivity contribution in [3.05, 3.63) is 0 Å². The summed E-state index contributed by atoms with van der Waals surface area (Å²) in [7, 11) is 0. The van der Waals surface area contributed by atoms with E-state index in [-0.39, 0.29) is 6.29 Å². The van der Waals surface area contributed by atoms with Crippen LogP contribution in [0, 0.1) is 0 Å². The molecule has 2 heteroatoms. The zero-order valence-electron chi connectivity index (χ0n) is 8.92. The topological polar surface area (TPSA) is 18.5 Å². The highest BCUT2D eigenvalue weighted by Crippen LogP contribution is 2.19. The molecule has 13 heavy (non-hydrogen) atoms. The van der Waals surface area contributed by atoms with E-state index in [1.807, 2.05) is 0 Å². The predicted octanol–water partition coefficient (Wildman–Crippen LogP) is 3.11. The summed E-state index contributed by atoms with van der Waals surface area (Å²) < 4.78 is 11.2. The Morgan fingerprint density at radius 3 is 2.62 bits per heavy atom. The van der Waals surface area contributed by atoms with Gasteiger partial charge in [-0.05, 0) is 12.8 Å². The molecule has 0 aliphatic carbocycles. The molecule has 2 unspecified atom stereocenters. The molecule has 1 rings (SSSR count). The van der Waals surface area contributed by atoms with Gasteiger partial charge < -0.3 is 9.47 Å². The maximum Gasteiger partial charge on any atom is 0.158 e. The Bertz CT molecular complexity index is 125. The zero-order chi connectivity index (χ0) is 9.52. The molecule has 2 nitrogen and oxygen atoms in total. The second-order valence-corrected chi connectivity index (χ2v) is 3.81. The summed E-state index contributed by atoms with van der Waals surface area (Å²) in [4.78, 5) is 0. The summed E-state index contributed by atoms with van der Waals surface area (Å²) in [5.74, 6) is 0. The van der Waals surface area contributed by atoms with Crippen molar-refractivity contribution in [3.63, 3.8) is 0 Å². The van der Waals surface area contributed by atoms with Crippen LogP contribution >= 0.6 is 0 Å². The summed E-state index contributed by atoms with van der Waals surface area (Å²) in [5.41, 5.74) is 0. The average Bonchev–Trinajstić information content (AvgIpc) is 2.54. The van der Waals surface area contributed by atoms with E-state index >= 15 is 0 Å². The third-order valence-electron chi connectivity index (χ3n) is 2.47. The molecule has 1 fully saturated rings. The van der Waals surface area contributed by atoms with Crippen molar-refractivity contribution in [3.8, 4) is 0 Å². The van der Waals surface area contributed by atoms with Crippen molar-refractivity contribution >= 4 is 0 Å². The average molecular weight is 186 g/mol. The minimum absolute atomic E-state index is 0.0941. The Morgan fingerprint density at radius 1 is 1.08 bits per heavy atom. The minimum Gasteiger partial charge on any atom is -0.350 e. The van der Waals surface area contributed by atoms with E-state index in [0.29, 0.717) is 6.10 Å². The summed E-state index contributed by atoms with van der Waals surface area (Å²) >= 11 is 0. The molecule has 0 aromatic carbocycles. The second-order valence-electron chi connectivity index (χ2n) is 3.81. The quantitative estimate of drug-likeness (QED) is 0.593. The van der Waals surface area contributed by atoms with E-state index in [1.165, 1.54) is 25.7 Å². The lowest BCUT2D eigenvalue weighted by Gasteiger charge is -2.09. The second kappa shape index (κ2) is 6.39. The lowest BCUT2D eigenvalue weighted by atomic mass is 10.1. The Hall–Kier alpha value is -0.0800. The monoisotopic (exact) mass is 186 g/mol. The Morgan fingerprint density at radius 2 is 1.92 bits per heavy atom. The van der Waals surface area contributed by atoms with E-state index in [0.717, 1.165) is 19.4 Å². The van der Waals surface area contributed by atoms with Crippen molar-refractivity contribution in [2.45, 2.75) is 64.8 Å². The Balaban J connectivity index is 2.03. The van der Waals surface area contributed by atoms with Crippen molar-refractivity contribution < 1.29 is 9.47 Å². The van der Waals surface area contributed by atoms with E-state index < -0.39 is 0 Å². The van der Waals surface area contributed by atoms with Gasteiger partial charge >= 0.3 is 0 Å². The summed E-state index contributed by atoms with van der Waals surface area (Å²) in [6, 6.07) is 0. The molecule has 0 bridgehead atoms. The first-order chi connectivity index (χ1) is 6.36. The largest absolute Gasteiger partial charge is 0.350 e. The smallest absolute Gasteiger partial charge is 0.158 e. The zero-order valence-corrected chi connectivity index (χ0v) is 8.92. The first-order valence-electron chi connectivity index (χ1n) is 5.63. The van der Waals surface area contributed by atoms with Crippen molar-refractivity contribution in [1.82, 2.24) is 0 Å². The molecule has 0 N–H and O–H groups in total. The highest BCUT2D eigenvalue weighted by Gasteiger charge is 2.24. The summed E-state index contributed by atoms with van der Waals surface area (Å²) in [6.45, 7) is 5.21. The van der Waals surface area contributed by atoms with Crippen molar-refractivity contribution in [2.24, 2.45) is 0 Å². The van der Waals surface area contributed by atoms with E-state index in [1.54, 1.807) is 0 Å². The summed E-state index contributed by atoms with van der Waals surface area (Å²) in [5, 5.41) is 0. The fourth-order valence-electron chi connectivity index (χ4n) is 1.67. The molecule has 1 saturated heterocycles. The van der Waals surface area contributed by atoms with Gasteiger partial charge in [0, 0.05) is 0 Å². The van der Waals surface area contributed by atoms with E-state index in [4.69, 9.17) is 9.47 Å². The highest BCUT2D eigenvalue weighted by molar-refractivity contribution is 4.65. The van der Waals surface area contributed by atoms with Gasteiger partial charge in [-0.15, -0.1) is 0 Å². The number of ether oxygens (including phenoxy) is 2. The van der Waals surface area contributed by atoms with Gasteiger partial charge in [-0.1, -0.05) is 39.5 Å². The van der Waals surface area contributed by atoms with Crippen LogP contribution in [0.15, 0.2) is 0 Å². The molecule has 1 aliphatic rings. The number of rotatable bonds is 6. The van der Waals surface area contributed by atoms with Crippen molar-refractivity contribution in [1.29, 1.82) is 0 Å². The van der Waals surface area contributed by atoms with Gasteiger partial charge in [0.25, 0.3) is 0 Å². The van der Waals surface area contributed by atoms with Crippen LogP contribution in [-0.4, -0.2) is 19.0 Å². The Kier molecular flexibility index (Phi) is 5.40. The third-order valence-corrected chi connectivity index (χ3v) is 2.47. The molecule has 0 aromatic rings. The number of hydrogen-bond acceptors (Lipinski definition) is 2. The first kappa shape index (κ1) is 11.0. The van der Waals surface area contributed by atoms with Crippen LogP contribution < -0.4 is 0 Å². The van der Waals surface area contributed by atoms with E-state index in [2.05, 4.69) is 13.8 Å². The predicted molar refractivity (Wildman–Crippen MR) is 53.7 cm³/mol. The van der Waals surface area contributed by atoms with Crippen LogP contribution in [0.2, 0.25) is 0 Å². The molecule has 0 saturated carbocycles. The normalized spacial score (nSPS) is 28.2. The molecule has 0 radical (unpaired) electrons. The molecule has 0 aromatic heterocycles. The number of hydrogen-bond donors (Lipinski definition) is 0. The van der Waals surface area contributed by atoms with Crippen molar-refractivity contribution in [2.75, 3.05) is 6.61 Å².